The summed E-state index contributed by atoms with van der Waals surface area (Å²) in [4.78, 5) is 13.0. The van der Waals surface area contributed by atoms with Gasteiger partial charge in [0.2, 0.25) is 0 Å². The van der Waals surface area contributed by atoms with Crippen molar-refractivity contribution in [2.45, 2.75) is 32.4 Å². The van der Waals surface area contributed by atoms with Crippen LogP contribution < -0.4 is 15.0 Å². The Kier molecular flexibility index (Phi) is 4.85. The van der Waals surface area contributed by atoms with E-state index in [9.17, 15) is 4.79 Å². The van der Waals surface area contributed by atoms with Gasteiger partial charge in [0.15, 0.2) is 6.23 Å². The zero-order valence-electron chi connectivity index (χ0n) is 14.2. The Bertz CT molecular complexity index is 779. The third-order valence-corrected chi connectivity index (χ3v) is 4.30. The molecule has 1 unspecified atom stereocenters. The lowest BCUT2D eigenvalue weighted by atomic mass is 10.0. The van der Waals surface area contributed by atoms with E-state index in [-0.39, 0.29) is 11.8 Å². The van der Waals surface area contributed by atoms with Gasteiger partial charge >= 0.3 is 0 Å². The lowest BCUT2D eigenvalue weighted by molar-refractivity contribution is -0.0423. The molecule has 0 saturated carbocycles. The number of hydrogen-bond acceptors (Lipinski definition) is 5. The highest BCUT2D eigenvalue weighted by Crippen LogP contribution is 2.33. The first-order valence-corrected chi connectivity index (χ1v) is 8.08. The van der Waals surface area contributed by atoms with Gasteiger partial charge in [-0.3, -0.25) is 4.79 Å². The minimum absolute atomic E-state index is 0.162. The maximum atomic E-state index is 13.0. The number of aryl methyl sites for hydroxylation is 1. The number of ether oxygens (including phenoxy) is 3. The molecule has 1 saturated heterocycles. The van der Waals surface area contributed by atoms with E-state index in [1.54, 1.807) is 26.5 Å². The van der Waals surface area contributed by atoms with Gasteiger partial charge < -0.3 is 14.2 Å². The van der Waals surface area contributed by atoms with Crippen LogP contribution in [0.5, 0.6) is 11.5 Å². The molecular weight excluding hydrogens is 308 g/mol. The van der Waals surface area contributed by atoms with Gasteiger partial charge in [0.25, 0.3) is 5.56 Å². The fraction of sp³-hybridized carbons (Fsp3) is 0.444. The van der Waals surface area contributed by atoms with Crippen molar-refractivity contribution in [3.63, 3.8) is 0 Å². The summed E-state index contributed by atoms with van der Waals surface area (Å²) in [5.41, 5.74) is 1.95. The van der Waals surface area contributed by atoms with Crippen molar-refractivity contribution in [3.05, 3.63) is 40.3 Å². The SMILES string of the molecule is COc1ccc(-c2c(C)cnn(C3CCCCO3)c2=O)c(OC)c1. The molecule has 1 aromatic carbocycles. The van der Waals surface area contributed by atoms with Crippen molar-refractivity contribution in [1.29, 1.82) is 0 Å². The molecule has 6 heteroatoms. The highest BCUT2D eigenvalue weighted by atomic mass is 16.5. The molecule has 2 heterocycles. The lowest BCUT2D eigenvalue weighted by Gasteiger charge is -2.24. The smallest absolute Gasteiger partial charge is 0.277 e. The van der Waals surface area contributed by atoms with Crippen molar-refractivity contribution in [1.82, 2.24) is 9.78 Å². The van der Waals surface area contributed by atoms with Gasteiger partial charge in [-0.05, 0) is 43.9 Å². The molecule has 3 rings (SSSR count). The molecule has 1 fully saturated rings. The molecule has 1 aliphatic heterocycles. The predicted octanol–water partition coefficient (Wildman–Crippen LogP) is 2.94. The number of hydrogen-bond donors (Lipinski definition) is 0. The Morgan fingerprint density at radius 2 is 2.08 bits per heavy atom. The summed E-state index contributed by atoms with van der Waals surface area (Å²) in [5.74, 6) is 1.27. The first kappa shape index (κ1) is 16.5. The summed E-state index contributed by atoms with van der Waals surface area (Å²) in [6, 6.07) is 5.43. The Morgan fingerprint density at radius 3 is 2.75 bits per heavy atom. The molecule has 1 atom stereocenters. The van der Waals surface area contributed by atoms with E-state index in [0.717, 1.165) is 30.4 Å². The third-order valence-electron chi connectivity index (χ3n) is 4.30. The number of benzene rings is 1. The van der Waals surface area contributed by atoms with Gasteiger partial charge in [-0.25, -0.2) is 4.68 Å². The minimum atomic E-state index is -0.296. The van der Waals surface area contributed by atoms with Crippen molar-refractivity contribution in [3.8, 4) is 22.6 Å². The molecule has 128 valence electrons. The molecule has 24 heavy (non-hydrogen) atoms. The quantitative estimate of drug-likeness (QED) is 0.862. The molecule has 2 aromatic rings. The van der Waals surface area contributed by atoms with Crippen LogP contribution in [0.25, 0.3) is 11.1 Å². The molecule has 0 radical (unpaired) electrons. The van der Waals surface area contributed by atoms with Crippen LogP contribution in [0.4, 0.5) is 0 Å². The maximum Gasteiger partial charge on any atom is 0.277 e. The van der Waals surface area contributed by atoms with Crippen molar-refractivity contribution < 1.29 is 14.2 Å². The Morgan fingerprint density at radius 1 is 1.25 bits per heavy atom. The molecule has 0 aliphatic carbocycles. The van der Waals surface area contributed by atoms with Crippen LogP contribution in [0.1, 0.15) is 31.1 Å². The second-order valence-corrected chi connectivity index (χ2v) is 5.84. The van der Waals surface area contributed by atoms with Crippen LogP contribution >= 0.6 is 0 Å². The topological polar surface area (TPSA) is 62.6 Å². The number of nitrogens with zero attached hydrogens (tertiary/aromatic N) is 2. The fourth-order valence-electron chi connectivity index (χ4n) is 3.00. The average molecular weight is 330 g/mol. The molecular formula is C18H22N2O4. The average Bonchev–Trinajstić information content (AvgIpc) is 2.62. The Hall–Kier alpha value is -2.34. The molecule has 1 aromatic heterocycles. The predicted molar refractivity (Wildman–Crippen MR) is 90.6 cm³/mol. The highest BCUT2D eigenvalue weighted by Gasteiger charge is 2.22. The number of methoxy groups -OCH3 is 2. The summed E-state index contributed by atoms with van der Waals surface area (Å²) >= 11 is 0. The molecule has 0 spiro atoms. The van der Waals surface area contributed by atoms with E-state index in [1.807, 2.05) is 19.1 Å². The first-order valence-electron chi connectivity index (χ1n) is 8.08. The summed E-state index contributed by atoms with van der Waals surface area (Å²) < 4.78 is 17.9. The zero-order valence-corrected chi connectivity index (χ0v) is 14.2. The van der Waals surface area contributed by atoms with Crippen molar-refractivity contribution >= 4 is 0 Å². The van der Waals surface area contributed by atoms with E-state index >= 15 is 0 Å². The summed E-state index contributed by atoms with van der Waals surface area (Å²) in [5, 5.41) is 4.29. The van der Waals surface area contributed by atoms with E-state index in [2.05, 4.69) is 5.10 Å². The van der Waals surface area contributed by atoms with Crippen molar-refractivity contribution in [2.75, 3.05) is 20.8 Å². The van der Waals surface area contributed by atoms with E-state index < -0.39 is 0 Å². The lowest BCUT2D eigenvalue weighted by Crippen LogP contribution is -2.32. The van der Waals surface area contributed by atoms with Crippen LogP contribution in [0.3, 0.4) is 0 Å². The van der Waals surface area contributed by atoms with Gasteiger partial charge in [-0.15, -0.1) is 0 Å². The van der Waals surface area contributed by atoms with Crippen molar-refractivity contribution in [2.24, 2.45) is 0 Å². The Labute approximate surface area is 141 Å². The molecule has 1 aliphatic rings. The first-order chi connectivity index (χ1) is 11.7. The van der Waals surface area contributed by atoms with Gasteiger partial charge in [-0.1, -0.05) is 0 Å². The van der Waals surface area contributed by atoms with Crippen LogP contribution in [-0.4, -0.2) is 30.6 Å². The second kappa shape index (κ2) is 7.05. The normalized spacial score (nSPS) is 17.5. The molecule has 0 N–H and O–H groups in total. The van der Waals surface area contributed by atoms with Crippen LogP contribution in [-0.2, 0) is 4.74 Å². The second-order valence-electron chi connectivity index (χ2n) is 5.84. The summed E-state index contributed by atoms with van der Waals surface area (Å²) in [6.07, 6.45) is 4.27. The fourth-order valence-corrected chi connectivity index (χ4v) is 3.00. The Balaban J connectivity index is 2.12. The van der Waals surface area contributed by atoms with E-state index in [4.69, 9.17) is 14.2 Å². The van der Waals surface area contributed by atoms with Gasteiger partial charge in [0.05, 0.1) is 26.0 Å². The maximum absolute atomic E-state index is 13.0. The van der Waals surface area contributed by atoms with Crippen LogP contribution in [0, 0.1) is 6.92 Å². The van der Waals surface area contributed by atoms with Crippen LogP contribution in [0.15, 0.2) is 29.2 Å². The minimum Gasteiger partial charge on any atom is -0.497 e. The van der Waals surface area contributed by atoms with Crippen LogP contribution in [0.2, 0.25) is 0 Å². The molecule has 6 nitrogen and oxygen atoms in total. The number of rotatable bonds is 4. The number of aromatic nitrogens is 2. The summed E-state index contributed by atoms with van der Waals surface area (Å²) in [6.45, 7) is 2.54. The van der Waals surface area contributed by atoms with Gasteiger partial charge in [0, 0.05) is 18.2 Å². The van der Waals surface area contributed by atoms with Gasteiger partial charge in [0.1, 0.15) is 11.5 Å². The monoisotopic (exact) mass is 330 g/mol. The van der Waals surface area contributed by atoms with E-state index in [1.165, 1.54) is 4.68 Å². The zero-order chi connectivity index (χ0) is 17.1. The largest absolute Gasteiger partial charge is 0.497 e. The molecule has 0 amide bonds. The molecule has 0 bridgehead atoms. The standard InChI is InChI=1S/C18H22N2O4/c1-12-11-19-20(16-6-4-5-9-24-16)18(21)17(12)14-8-7-13(22-2)10-15(14)23-3/h7-8,10-11,16H,4-6,9H2,1-3H3. The third kappa shape index (κ3) is 3.01. The highest BCUT2D eigenvalue weighted by molar-refractivity contribution is 5.73. The van der Waals surface area contributed by atoms with E-state index in [0.29, 0.717) is 23.7 Å². The van der Waals surface area contributed by atoms with Gasteiger partial charge in [-0.2, -0.15) is 5.10 Å². The summed E-state index contributed by atoms with van der Waals surface area (Å²) in [7, 11) is 3.18.